The number of fused-ring (bicyclic) bond motifs is 1. The fraction of sp³-hybridized carbons (Fsp3) is 0.579. The van der Waals surface area contributed by atoms with E-state index in [1.54, 1.807) is 4.90 Å². The van der Waals surface area contributed by atoms with Crippen LogP contribution in [0.25, 0.3) is 0 Å². The monoisotopic (exact) mass is 343 g/mol. The summed E-state index contributed by atoms with van der Waals surface area (Å²) < 4.78 is 5.84. The second-order valence-corrected chi connectivity index (χ2v) is 7.47. The zero-order chi connectivity index (χ0) is 17.4. The van der Waals surface area contributed by atoms with Gasteiger partial charge in [0.1, 0.15) is 0 Å². The van der Waals surface area contributed by atoms with E-state index in [1.807, 2.05) is 30.3 Å². The first kappa shape index (κ1) is 16.5. The topological polar surface area (TPSA) is 61.9 Å². The smallest absolute Gasteiger partial charge is 0.312 e. The van der Waals surface area contributed by atoms with Crippen molar-refractivity contribution in [3.05, 3.63) is 35.9 Å². The van der Waals surface area contributed by atoms with Crippen molar-refractivity contribution in [2.75, 3.05) is 26.8 Å². The Balaban J connectivity index is 1.54. The van der Waals surface area contributed by atoms with Gasteiger partial charge in [0.2, 0.25) is 0 Å². The molecular formula is C19H25N3O3. The summed E-state index contributed by atoms with van der Waals surface area (Å²) in [5, 5.41) is 2.96. The third-order valence-electron chi connectivity index (χ3n) is 5.56. The van der Waals surface area contributed by atoms with Crippen molar-refractivity contribution in [3.8, 4) is 0 Å². The van der Waals surface area contributed by atoms with Gasteiger partial charge in [-0.25, -0.2) is 0 Å². The quantitative estimate of drug-likeness (QED) is 0.797. The first-order valence-corrected chi connectivity index (χ1v) is 9.07. The van der Waals surface area contributed by atoms with Crippen molar-refractivity contribution in [1.82, 2.24) is 15.1 Å². The fourth-order valence-corrected chi connectivity index (χ4v) is 3.96. The molecule has 0 radical (unpaired) electrons. The Hall–Kier alpha value is -1.92. The molecule has 0 bridgehead atoms. The van der Waals surface area contributed by atoms with Crippen molar-refractivity contribution in [2.24, 2.45) is 5.92 Å². The molecule has 1 aromatic rings. The number of hydrogen-bond acceptors (Lipinski definition) is 4. The predicted octanol–water partition coefficient (Wildman–Crippen LogP) is 0.623. The van der Waals surface area contributed by atoms with Crippen LogP contribution in [-0.4, -0.2) is 66.5 Å². The number of amides is 2. The Labute approximate surface area is 148 Å². The van der Waals surface area contributed by atoms with Gasteiger partial charge < -0.3 is 15.0 Å². The zero-order valence-electron chi connectivity index (χ0n) is 14.6. The van der Waals surface area contributed by atoms with Gasteiger partial charge >= 0.3 is 11.8 Å². The normalized spacial score (nSPS) is 29.5. The molecule has 3 aliphatic rings. The van der Waals surface area contributed by atoms with Gasteiger partial charge in [0.15, 0.2) is 0 Å². The molecule has 0 spiro atoms. The number of nitrogens with one attached hydrogen (secondary N) is 1. The highest BCUT2D eigenvalue weighted by molar-refractivity contribution is 6.35. The maximum absolute atomic E-state index is 12.5. The van der Waals surface area contributed by atoms with Crippen LogP contribution in [0.5, 0.6) is 0 Å². The lowest BCUT2D eigenvalue weighted by atomic mass is 9.92. The second kappa shape index (κ2) is 6.77. The highest BCUT2D eigenvalue weighted by Gasteiger charge is 2.47. The Kier molecular flexibility index (Phi) is 4.48. The van der Waals surface area contributed by atoms with Gasteiger partial charge in [-0.2, -0.15) is 0 Å². The molecule has 1 aromatic carbocycles. The Bertz CT molecular complexity index is 647. The van der Waals surface area contributed by atoms with E-state index >= 15 is 0 Å². The van der Waals surface area contributed by atoms with Crippen molar-refractivity contribution in [1.29, 1.82) is 0 Å². The van der Waals surface area contributed by atoms with Crippen molar-refractivity contribution in [3.63, 3.8) is 0 Å². The molecule has 1 N–H and O–H groups in total. The van der Waals surface area contributed by atoms with Gasteiger partial charge in [-0.15, -0.1) is 0 Å². The molecule has 3 atom stereocenters. The average molecular weight is 343 g/mol. The lowest BCUT2D eigenvalue weighted by Crippen LogP contribution is -2.72. The molecule has 134 valence electrons. The summed E-state index contributed by atoms with van der Waals surface area (Å²) in [5.74, 6) is -0.185. The van der Waals surface area contributed by atoms with Crippen molar-refractivity contribution in [2.45, 2.75) is 37.5 Å². The van der Waals surface area contributed by atoms with Crippen LogP contribution in [0.4, 0.5) is 0 Å². The number of hydrogen-bond donors (Lipinski definition) is 1. The third kappa shape index (κ3) is 3.41. The highest BCUT2D eigenvalue weighted by atomic mass is 16.5. The third-order valence-corrected chi connectivity index (χ3v) is 5.56. The Morgan fingerprint density at radius 2 is 1.96 bits per heavy atom. The van der Waals surface area contributed by atoms with Crippen LogP contribution < -0.4 is 5.32 Å². The minimum Gasteiger partial charge on any atom is -0.378 e. The second-order valence-electron chi connectivity index (χ2n) is 7.47. The van der Waals surface area contributed by atoms with E-state index in [0.717, 1.165) is 18.0 Å². The molecule has 4 rings (SSSR count). The summed E-state index contributed by atoms with van der Waals surface area (Å²) in [7, 11) is 2.10. The molecule has 2 amide bonds. The van der Waals surface area contributed by atoms with Crippen LogP contribution >= 0.6 is 0 Å². The minimum atomic E-state index is -0.496. The van der Waals surface area contributed by atoms with Crippen LogP contribution in [0, 0.1) is 5.92 Å². The largest absolute Gasteiger partial charge is 0.378 e. The highest BCUT2D eigenvalue weighted by Crippen LogP contribution is 2.31. The molecule has 3 fully saturated rings. The lowest BCUT2D eigenvalue weighted by molar-refractivity contribution is -0.160. The van der Waals surface area contributed by atoms with Gasteiger partial charge in [0.05, 0.1) is 31.3 Å². The molecule has 2 aliphatic heterocycles. The predicted molar refractivity (Wildman–Crippen MR) is 92.7 cm³/mol. The van der Waals surface area contributed by atoms with Crippen LogP contribution in [0.15, 0.2) is 30.3 Å². The number of carbonyl (C=O) groups is 2. The van der Waals surface area contributed by atoms with Gasteiger partial charge in [-0.3, -0.25) is 14.5 Å². The molecule has 2 heterocycles. The number of benzene rings is 1. The summed E-state index contributed by atoms with van der Waals surface area (Å²) >= 11 is 0. The molecular weight excluding hydrogens is 318 g/mol. The molecule has 6 heteroatoms. The molecule has 25 heavy (non-hydrogen) atoms. The van der Waals surface area contributed by atoms with Crippen LogP contribution in [0.2, 0.25) is 0 Å². The maximum Gasteiger partial charge on any atom is 0.312 e. The first-order valence-electron chi connectivity index (χ1n) is 9.07. The van der Waals surface area contributed by atoms with E-state index in [-0.39, 0.29) is 18.1 Å². The molecule has 0 aromatic heterocycles. The van der Waals surface area contributed by atoms with E-state index in [1.165, 1.54) is 12.8 Å². The van der Waals surface area contributed by atoms with Gasteiger partial charge in [0, 0.05) is 13.1 Å². The van der Waals surface area contributed by atoms with E-state index in [0.29, 0.717) is 19.8 Å². The average Bonchev–Trinajstić information content (AvgIpc) is 3.43. The van der Waals surface area contributed by atoms with Crippen LogP contribution in [-0.2, 0) is 20.9 Å². The van der Waals surface area contributed by atoms with Crippen LogP contribution in [0.1, 0.15) is 18.4 Å². The number of piperazine rings is 1. The number of rotatable bonds is 5. The fourth-order valence-electron chi connectivity index (χ4n) is 3.96. The number of likely N-dealkylation sites (N-methyl/N-ethyl adjacent to an activating group) is 1. The SMILES string of the molecule is CN(CC1CC1)C1COCC2[C@@H]1NC(=O)C(=O)N2Cc1ccccc1. The van der Waals surface area contributed by atoms with Gasteiger partial charge in [-0.05, 0) is 31.4 Å². The minimum absolute atomic E-state index is 0.0774. The summed E-state index contributed by atoms with van der Waals surface area (Å²) in [5.41, 5.74) is 1.03. The Morgan fingerprint density at radius 3 is 2.68 bits per heavy atom. The standard InChI is InChI=1S/C19H25N3O3/c1-21(9-14-7-8-14)15-11-25-12-16-17(15)20-18(23)19(24)22(16)10-13-5-3-2-4-6-13/h2-6,14-17H,7-12H2,1H3,(H,20,23)/t15?,16?,17-/m1/s1. The summed E-state index contributed by atoms with van der Waals surface area (Å²) in [6.07, 6.45) is 2.58. The summed E-state index contributed by atoms with van der Waals surface area (Å²) in [6, 6.07) is 9.72. The van der Waals surface area contributed by atoms with E-state index < -0.39 is 11.8 Å². The molecule has 2 unspecified atom stereocenters. The zero-order valence-corrected chi connectivity index (χ0v) is 14.6. The summed E-state index contributed by atoms with van der Waals surface area (Å²) in [4.78, 5) is 28.8. The first-order chi connectivity index (χ1) is 12.1. The number of ether oxygens (including phenoxy) is 1. The van der Waals surface area contributed by atoms with E-state index in [2.05, 4.69) is 17.3 Å². The molecule has 1 aliphatic carbocycles. The van der Waals surface area contributed by atoms with Crippen molar-refractivity contribution < 1.29 is 14.3 Å². The van der Waals surface area contributed by atoms with E-state index in [4.69, 9.17) is 4.74 Å². The van der Waals surface area contributed by atoms with E-state index in [9.17, 15) is 9.59 Å². The maximum atomic E-state index is 12.5. The number of nitrogens with zero attached hydrogens (tertiary/aromatic N) is 2. The summed E-state index contributed by atoms with van der Waals surface area (Å²) in [6.45, 7) is 2.53. The lowest BCUT2D eigenvalue weighted by Gasteiger charge is -2.49. The molecule has 2 saturated heterocycles. The van der Waals surface area contributed by atoms with Crippen LogP contribution in [0.3, 0.4) is 0 Å². The Morgan fingerprint density at radius 1 is 1.20 bits per heavy atom. The van der Waals surface area contributed by atoms with Gasteiger partial charge in [-0.1, -0.05) is 30.3 Å². The van der Waals surface area contributed by atoms with Gasteiger partial charge in [0.25, 0.3) is 0 Å². The molecule has 6 nitrogen and oxygen atoms in total. The van der Waals surface area contributed by atoms with Crippen molar-refractivity contribution >= 4 is 11.8 Å². The molecule has 1 saturated carbocycles. The number of carbonyl (C=O) groups excluding carboxylic acids is 2.